The molecule has 0 fully saturated rings. The van der Waals surface area contributed by atoms with Crippen molar-refractivity contribution in [1.29, 1.82) is 0 Å². The van der Waals surface area contributed by atoms with Gasteiger partial charge in [-0.1, -0.05) is 178 Å². The Morgan fingerprint density at radius 1 is 0.586 bits per heavy atom. The van der Waals surface area contributed by atoms with E-state index in [1.54, 1.807) is 6.08 Å². The number of phosphoric acid groups is 1. The molecule has 0 saturated carbocycles. The SMILES string of the molecule is CCCCCCCC/C=C/CC/C=C/CC/C=C/C(O)C(COP(=O)([O-])OCC[N+](C)(C)C)NC(=O)CCCCCCCCC/C=C\CCCCCCCCCCC. The number of hydrogen-bond acceptors (Lipinski definition) is 6. The first-order chi connectivity index (χ1) is 28.0. The number of carbonyl (C=O) groups excluding carboxylic acids is 1. The van der Waals surface area contributed by atoms with Crippen molar-refractivity contribution in [2.45, 2.75) is 219 Å². The molecule has 3 atom stereocenters. The van der Waals surface area contributed by atoms with Crippen LogP contribution in [0.4, 0.5) is 0 Å². The summed E-state index contributed by atoms with van der Waals surface area (Å²) in [5.74, 6) is -0.217. The van der Waals surface area contributed by atoms with Crippen LogP contribution < -0.4 is 10.2 Å². The number of amides is 1. The van der Waals surface area contributed by atoms with Crippen LogP contribution in [-0.4, -0.2) is 68.5 Å². The zero-order valence-electron chi connectivity index (χ0n) is 38.5. The molecule has 340 valence electrons. The summed E-state index contributed by atoms with van der Waals surface area (Å²) < 4.78 is 23.2. The van der Waals surface area contributed by atoms with Gasteiger partial charge in [0.05, 0.1) is 39.9 Å². The lowest BCUT2D eigenvalue weighted by molar-refractivity contribution is -0.870. The summed E-state index contributed by atoms with van der Waals surface area (Å²) >= 11 is 0. The maximum absolute atomic E-state index is 12.9. The molecule has 0 rings (SSSR count). The zero-order valence-corrected chi connectivity index (χ0v) is 39.4. The van der Waals surface area contributed by atoms with Crippen molar-refractivity contribution in [3.05, 3.63) is 48.6 Å². The molecule has 0 aromatic rings. The van der Waals surface area contributed by atoms with Crippen LogP contribution in [0.3, 0.4) is 0 Å². The minimum Gasteiger partial charge on any atom is -0.756 e. The van der Waals surface area contributed by atoms with Crippen molar-refractivity contribution in [1.82, 2.24) is 5.32 Å². The predicted molar refractivity (Wildman–Crippen MR) is 247 cm³/mol. The molecule has 0 aromatic carbocycles. The van der Waals surface area contributed by atoms with E-state index in [0.29, 0.717) is 17.4 Å². The smallest absolute Gasteiger partial charge is 0.268 e. The van der Waals surface area contributed by atoms with E-state index in [2.05, 4.69) is 55.6 Å². The van der Waals surface area contributed by atoms with Crippen molar-refractivity contribution < 1.29 is 32.9 Å². The number of phosphoric ester groups is 1. The second kappa shape index (κ2) is 40.8. The molecule has 0 saturated heterocycles. The van der Waals surface area contributed by atoms with E-state index in [1.165, 1.54) is 141 Å². The first-order valence-corrected chi connectivity index (χ1v) is 25.5. The van der Waals surface area contributed by atoms with Gasteiger partial charge in [-0.05, 0) is 70.6 Å². The minimum atomic E-state index is -4.60. The predicted octanol–water partition coefficient (Wildman–Crippen LogP) is 13.0. The fourth-order valence-electron chi connectivity index (χ4n) is 6.65. The third-order valence-electron chi connectivity index (χ3n) is 10.5. The van der Waals surface area contributed by atoms with Gasteiger partial charge in [-0.15, -0.1) is 0 Å². The van der Waals surface area contributed by atoms with Crippen LogP contribution in [-0.2, 0) is 18.4 Å². The molecular formula is C49H93N2O6P. The molecule has 0 aliphatic heterocycles. The number of nitrogens with zero attached hydrogens (tertiary/aromatic N) is 1. The van der Waals surface area contributed by atoms with E-state index in [9.17, 15) is 19.4 Å². The second-order valence-electron chi connectivity index (χ2n) is 17.4. The van der Waals surface area contributed by atoms with Crippen molar-refractivity contribution in [2.75, 3.05) is 40.9 Å². The van der Waals surface area contributed by atoms with Crippen LogP contribution in [0, 0.1) is 0 Å². The summed E-state index contributed by atoms with van der Waals surface area (Å²) in [4.78, 5) is 25.3. The highest BCUT2D eigenvalue weighted by molar-refractivity contribution is 7.45. The third kappa shape index (κ3) is 42.6. The Hall–Kier alpha value is -1.54. The summed E-state index contributed by atoms with van der Waals surface area (Å²) in [5, 5.41) is 13.8. The van der Waals surface area contributed by atoms with Crippen molar-refractivity contribution in [3.63, 3.8) is 0 Å². The molecule has 0 aromatic heterocycles. The average molecular weight is 837 g/mol. The normalized spacial score (nSPS) is 14.7. The number of allylic oxidation sites excluding steroid dienone is 7. The average Bonchev–Trinajstić information content (AvgIpc) is 3.17. The molecule has 3 unspecified atom stereocenters. The largest absolute Gasteiger partial charge is 0.756 e. The highest BCUT2D eigenvalue weighted by atomic mass is 31.2. The van der Waals surface area contributed by atoms with Crippen LogP contribution in [0.2, 0.25) is 0 Å². The Balaban J connectivity index is 4.42. The van der Waals surface area contributed by atoms with Crippen LogP contribution >= 0.6 is 7.82 Å². The highest BCUT2D eigenvalue weighted by Crippen LogP contribution is 2.38. The number of nitrogens with one attached hydrogen (secondary N) is 1. The van der Waals surface area contributed by atoms with Crippen molar-refractivity contribution in [2.24, 2.45) is 0 Å². The van der Waals surface area contributed by atoms with E-state index < -0.39 is 26.6 Å². The van der Waals surface area contributed by atoms with Gasteiger partial charge in [0.1, 0.15) is 13.2 Å². The maximum atomic E-state index is 12.9. The van der Waals surface area contributed by atoms with Gasteiger partial charge in [0.2, 0.25) is 5.91 Å². The summed E-state index contributed by atoms with van der Waals surface area (Å²) in [5.41, 5.74) is 0. The molecule has 8 nitrogen and oxygen atoms in total. The molecule has 0 spiro atoms. The number of hydrogen-bond donors (Lipinski definition) is 2. The Morgan fingerprint density at radius 2 is 0.966 bits per heavy atom. The molecule has 0 aliphatic carbocycles. The van der Waals surface area contributed by atoms with E-state index in [1.807, 2.05) is 27.2 Å². The zero-order chi connectivity index (χ0) is 42.8. The number of quaternary nitrogens is 1. The summed E-state index contributed by atoms with van der Waals surface area (Å²) in [6.45, 7) is 4.60. The lowest BCUT2D eigenvalue weighted by Gasteiger charge is -2.29. The fraction of sp³-hybridized carbons (Fsp3) is 0.816. The van der Waals surface area contributed by atoms with Gasteiger partial charge in [-0.3, -0.25) is 9.36 Å². The topological polar surface area (TPSA) is 108 Å². The number of rotatable bonds is 43. The lowest BCUT2D eigenvalue weighted by Crippen LogP contribution is -2.45. The standard InChI is InChI=1S/C49H93N2O6P/c1-6-8-10-12-14-16-18-20-22-24-25-26-27-29-31-33-35-37-39-41-43-49(53)50-47(46-57-58(54,55)56-45-44-51(3,4)5)48(52)42-40-38-36-34-32-30-28-23-21-19-17-15-13-11-9-7-2/h21,23,25-26,32,34,40,42,47-48,52H,6-20,22,24,27-31,33,35-39,41,43-46H2,1-5H3,(H-,50,53,54,55)/b23-21+,26-25-,34-32+,42-40+. The van der Waals surface area contributed by atoms with E-state index in [0.717, 1.165) is 44.9 Å². The van der Waals surface area contributed by atoms with Crippen molar-refractivity contribution >= 4 is 13.7 Å². The van der Waals surface area contributed by atoms with E-state index >= 15 is 0 Å². The molecule has 0 aliphatic rings. The van der Waals surface area contributed by atoms with Crippen LogP contribution in [0.1, 0.15) is 206 Å². The lowest BCUT2D eigenvalue weighted by atomic mass is 10.1. The Kier molecular flexibility index (Phi) is 39.8. The molecule has 0 radical (unpaired) electrons. The fourth-order valence-corrected chi connectivity index (χ4v) is 7.37. The molecule has 58 heavy (non-hydrogen) atoms. The molecule has 2 N–H and O–H groups in total. The Morgan fingerprint density at radius 3 is 1.40 bits per heavy atom. The van der Waals surface area contributed by atoms with Crippen LogP contribution in [0.5, 0.6) is 0 Å². The monoisotopic (exact) mass is 837 g/mol. The van der Waals surface area contributed by atoms with Gasteiger partial charge in [0.25, 0.3) is 7.82 Å². The number of unbranched alkanes of at least 4 members (excludes halogenated alkanes) is 24. The van der Waals surface area contributed by atoms with Gasteiger partial charge in [0, 0.05) is 6.42 Å². The van der Waals surface area contributed by atoms with Gasteiger partial charge >= 0.3 is 0 Å². The minimum absolute atomic E-state index is 0.0107. The van der Waals surface area contributed by atoms with Crippen molar-refractivity contribution in [3.8, 4) is 0 Å². The molecule has 9 heteroatoms. The van der Waals surface area contributed by atoms with Gasteiger partial charge < -0.3 is 28.8 Å². The quantitative estimate of drug-likeness (QED) is 0.0274. The first kappa shape index (κ1) is 56.5. The van der Waals surface area contributed by atoms with E-state index in [4.69, 9.17) is 9.05 Å². The number of aliphatic hydroxyl groups is 1. The molecule has 0 bridgehead atoms. The van der Waals surface area contributed by atoms with Gasteiger partial charge in [-0.2, -0.15) is 0 Å². The van der Waals surface area contributed by atoms with Gasteiger partial charge in [0.15, 0.2) is 0 Å². The first-order valence-electron chi connectivity index (χ1n) is 24.0. The van der Waals surface area contributed by atoms with Crippen LogP contribution in [0.25, 0.3) is 0 Å². The Labute approximate surface area is 359 Å². The molecular weight excluding hydrogens is 744 g/mol. The van der Waals surface area contributed by atoms with Gasteiger partial charge in [-0.25, -0.2) is 0 Å². The maximum Gasteiger partial charge on any atom is 0.268 e. The third-order valence-corrected chi connectivity index (χ3v) is 11.5. The Bertz CT molecular complexity index is 1090. The summed E-state index contributed by atoms with van der Waals surface area (Å²) in [6, 6.07) is -0.911. The summed E-state index contributed by atoms with van der Waals surface area (Å²) in [6.07, 6.45) is 51.6. The number of aliphatic hydroxyl groups excluding tert-OH is 1. The molecule has 0 heterocycles. The summed E-state index contributed by atoms with van der Waals surface area (Å²) in [7, 11) is 1.23. The highest BCUT2D eigenvalue weighted by Gasteiger charge is 2.23. The second-order valence-corrected chi connectivity index (χ2v) is 18.8. The number of carbonyl (C=O) groups is 1. The number of likely N-dealkylation sites (N-methyl/N-ethyl adjacent to an activating group) is 1. The van der Waals surface area contributed by atoms with E-state index in [-0.39, 0.29) is 12.5 Å². The molecule has 1 amide bonds. The van der Waals surface area contributed by atoms with Crippen LogP contribution in [0.15, 0.2) is 48.6 Å².